The van der Waals surface area contributed by atoms with E-state index < -0.39 is 0 Å². The minimum absolute atomic E-state index is 0. The van der Waals surface area contributed by atoms with Gasteiger partial charge < -0.3 is 10.2 Å². The van der Waals surface area contributed by atoms with Gasteiger partial charge in [0.2, 0.25) is 5.91 Å². The first kappa shape index (κ1) is 15.4. The molecule has 1 fully saturated rings. The number of halogens is 1. The largest absolute Gasteiger partial charge is 0.340 e. The highest BCUT2D eigenvalue weighted by atomic mass is 35.5. The van der Waals surface area contributed by atoms with Crippen molar-refractivity contribution < 1.29 is 4.79 Å². The summed E-state index contributed by atoms with van der Waals surface area (Å²) in [6.07, 6.45) is 2.68. The zero-order chi connectivity index (χ0) is 12.3. The van der Waals surface area contributed by atoms with Crippen molar-refractivity contribution in [3.05, 3.63) is 16.6 Å². The first-order chi connectivity index (χ1) is 8.18. The molecule has 1 aromatic heterocycles. The third-order valence-electron chi connectivity index (χ3n) is 3.09. The topological polar surface area (TPSA) is 45.2 Å². The highest BCUT2D eigenvalue weighted by molar-refractivity contribution is 7.09. The molecular weight excluding hydrogens is 270 g/mol. The van der Waals surface area contributed by atoms with Gasteiger partial charge in [0.25, 0.3) is 0 Å². The van der Waals surface area contributed by atoms with E-state index in [2.05, 4.69) is 24.1 Å². The summed E-state index contributed by atoms with van der Waals surface area (Å²) < 4.78 is 0. The molecule has 0 unspecified atom stereocenters. The van der Waals surface area contributed by atoms with E-state index in [9.17, 15) is 4.79 Å². The number of amides is 1. The van der Waals surface area contributed by atoms with E-state index in [0.29, 0.717) is 0 Å². The Morgan fingerprint density at radius 3 is 2.78 bits per heavy atom. The molecule has 1 aromatic rings. The number of aromatic nitrogens is 1. The SMILES string of the molecule is CC(C)N(CCc1nccs1)C(=O)C1CNC1.Cl. The highest BCUT2D eigenvalue weighted by Gasteiger charge is 2.30. The van der Waals surface area contributed by atoms with Crippen LogP contribution in [-0.2, 0) is 11.2 Å². The Labute approximate surface area is 118 Å². The summed E-state index contributed by atoms with van der Waals surface area (Å²) in [7, 11) is 0. The molecule has 1 saturated heterocycles. The maximum atomic E-state index is 12.2. The number of rotatable bonds is 5. The zero-order valence-electron chi connectivity index (χ0n) is 10.8. The summed E-state index contributed by atoms with van der Waals surface area (Å²) in [5.74, 6) is 0.476. The first-order valence-electron chi connectivity index (χ1n) is 6.08. The lowest BCUT2D eigenvalue weighted by Gasteiger charge is -2.34. The minimum Gasteiger partial charge on any atom is -0.340 e. The van der Waals surface area contributed by atoms with Crippen molar-refractivity contribution in [1.29, 1.82) is 0 Å². The maximum absolute atomic E-state index is 12.2. The summed E-state index contributed by atoms with van der Waals surface area (Å²) in [6, 6.07) is 0.267. The Kier molecular flexibility index (Phi) is 6.05. The molecule has 0 bridgehead atoms. The molecule has 0 aliphatic carbocycles. The lowest BCUT2D eigenvalue weighted by molar-refractivity contribution is -0.138. The number of hydrogen-bond donors (Lipinski definition) is 1. The predicted molar refractivity (Wildman–Crippen MR) is 76.3 cm³/mol. The fourth-order valence-corrected chi connectivity index (χ4v) is 2.52. The number of thiazole rings is 1. The smallest absolute Gasteiger partial charge is 0.228 e. The number of nitrogens with one attached hydrogen (secondary N) is 1. The minimum atomic E-state index is 0. The van der Waals surface area contributed by atoms with Gasteiger partial charge in [-0.25, -0.2) is 4.98 Å². The Morgan fingerprint density at radius 1 is 1.61 bits per heavy atom. The number of hydrogen-bond acceptors (Lipinski definition) is 4. The molecule has 1 amide bonds. The van der Waals surface area contributed by atoms with Crippen molar-refractivity contribution in [1.82, 2.24) is 15.2 Å². The summed E-state index contributed by atoms with van der Waals surface area (Å²) in [5.41, 5.74) is 0. The van der Waals surface area contributed by atoms with Gasteiger partial charge in [-0.3, -0.25) is 4.79 Å². The second-order valence-electron chi connectivity index (χ2n) is 4.66. The molecule has 0 atom stereocenters. The van der Waals surface area contributed by atoms with Gasteiger partial charge >= 0.3 is 0 Å². The van der Waals surface area contributed by atoms with Crippen LogP contribution < -0.4 is 5.32 Å². The van der Waals surface area contributed by atoms with Gasteiger partial charge in [-0.2, -0.15) is 0 Å². The van der Waals surface area contributed by atoms with E-state index in [4.69, 9.17) is 0 Å². The monoisotopic (exact) mass is 289 g/mol. The number of carbonyl (C=O) groups is 1. The fourth-order valence-electron chi connectivity index (χ4n) is 1.91. The van der Waals surface area contributed by atoms with Crippen LogP contribution in [-0.4, -0.2) is 41.5 Å². The molecule has 102 valence electrons. The number of nitrogens with zero attached hydrogens (tertiary/aromatic N) is 2. The molecule has 4 nitrogen and oxygen atoms in total. The van der Waals surface area contributed by atoms with E-state index in [1.54, 1.807) is 11.3 Å². The van der Waals surface area contributed by atoms with Crippen LogP contribution in [0.15, 0.2) is 11.6 Å². The third-order valence-corrected chi connectivity index (χ3v) is 3.93. The molecule has 6 heteroatoms. The van der Waals surface area contributed by atoms with Crippen LogP contribution >= 0.6 is 23.7 Å². The van der Waals surface area contributed by atoms with Crippen LogP contribution in [0.3, 0.4) is 0 Å². The first-order valence-corrected chi connectivity index (χ1v) is 6.96. The average Bonchev–Trinajstić information content (AvgIpc) is 2.67. The molecule has 0 aromatic carbocycles. The van der Waals surface area contributed by atoms with Gasteiger partial charge in [0.05, 0.1) is 10.9 Å². The summed E-state index contributed by atoms with van der Waals surface area (Å²) in [4.78, 5) is 18.4. The fraction of sp³-hybridized carbons (Fsp3) is 0.667. The van der Waals surface area contributed by atoms with Crippen molar-refractivity contribution in [3.8, 4) is 0 Å². The van der Waals surface area contributed by atoms with E-state index in [0.717, 1.165) is 31.1 Å². The van der Waals surface area contributed by atoms with E-state index >= 15 is 0 Å². The lowest BCUT2D eigenvalue weighted by atomic mass is 10.0. The van der Waals surface area contributed by atoms with Crippen molar-refractivity contribution in [2.45, 2.75) is 26.3 Å². The summed E-state index contributed by atoms with van der Waals surface area (Å²) >= 11 is 1.66. The summed E-state index contributed by atoms with van der Waals surface area (Å²) in [5, 5.41) is 6.23. The Balaban J connectivity index is 0.00000162. The second kappa shape index (κ2) is 7.07. The van der Waals surface area contributed by atoms with Crippen LogP contribution in [0.2, 0.25) is 0 Å². The van der Waals surface area contributed by atoms with Gasteiger partial charge in [0.1, 0.15) is 0 Å². The normalized spacial score (nSPS) is 15.1. The van der Waals surface area contributed by atoms with Crippen LogP contribution in [0.5, 0.6) is 0 Å². The molecule has 18 heavy (non-hydrogen) atoms. The Hall–Kier alpha value is -0.650. The average molecular weight is 290 g/mol. The molecular formula is C12H20ClN3OS. The van der Waals surface area contributed by atoms with E-state index in [1.807, 2.05) is 16.5 Å². The second-order valence-corrected chi connectivity index (χ2v) is 5.64. The van der Waals surface area contributed by atoms with Crippen LogP contribution in [0.4, 0.5) is 0 Å². The van der Waals surface area contributed by atoms with E-state index in [1.165, 1.54) is 0 Å². The molecule has 0 radical (unpaired) electrons. The molecule has 1 N–H and O–H groups in total. The number of carbonyl (C=O) groups excluding carboxylic acids is 1. The van der Waals surface area contributed by atoms with Crippen LogP contribution in [0.1, 0.15) is 18.9 Å². The van der Waals surface area contributed by atoms with Crippen molar-refractivity contribution in [3.63, 3.8) is 0 Å². The summed E-state index contributed by atoms with van der Waals surface area (Å²) in [6.45, 7) is 6.59. The van der Waals surface area contributed by atoms with Gasteiger partial charge in [0.15, 0.2) is 0 Å². The van der Waals surface area contributed by atoms with Crippen LogP contribution in [0.25, 0.3) is 0 Å². The van der Waals surface area contributed by atoms with Gasteiger partial charge in [-0.15, -0.1) is 23.7 Å². The Bertz CT molecular complexity index is 365. The third kappa shape index (κ3) is 3.67. The molecule has 1 aliphatic rings. The molecule has 2 rings (SSSR count). The van der Waals surface area contributed by atoms with Gasteiger partial charge in [0, 0.05) is 43.7 Å². The van der Waals surface area contributed by atoms with E-state index in [-0.39, 0.29) is 30.3 Å². The van der Waals surface area contributed by atoms with Crippen molar-refractivity contribution in [2.24, 2.45) is 5.92 Å². The van der Waals surface area contributed by atoms with Gasteiger partial charge in [-0.05, 0) is 13.8 Å². The molecule has 2 heterocycles. The van der Waals surface area contributed by atoms with Gasteiger partial charge in [-0.1, -0.05) is 0 Å². The standard InChI is InChI=1S/C12H19N3OS.ClH/c1-9(2)15(12(16)10-7-13-8-10)5-3-11-14-4-6-17-11;/h4,6,9-10,13H,3,5,7-8H2,1-2H3;1H. The molecule has 0 spiro atoms. The van der Waals surface area contributed by atoms with Crippen molar-refractivity contribution in [2.75, 3.05) is 19.6 Å². The molecule has 0 saturated carbocycles. The predicted octanol–water partition coefficient (Wildman–Crippen LogP) is 1.56. The quantitative estimate of drug-likeness (QED) is 0.895. The zero-order valence-corrected chi connectivity index (χ0v) is 12.4. The van der Waals surface area contributed by atoms with Crippen molar-refractivity contribution >= 4 is 29.7 Å². The van der Waals surface area contributed by atoms with Crippen LogP contribution in [0, 0.1) is 5.92 Å². The molecule has 1 aliphatic heterocycles. The maximum Gasteiger partial charge on any atom is 0.228 e. The Morgan fingerprint density at radius 2 is 2.33 bits per heavy atom. The lowest BCUT2D eigenvalue weighted by Crippen LogP contribution is -2.53. The highest BCUT2D eigenvalue weighted by Crippen LogP contribution is 2.13.